The van der Waals surface area contributed by atoms with Gasteiger partial charge in [0.05, 0.1) is 6.10 Å². The second kappa shape index (κ2) is 6.15. The predicted octanol–water partition coefficient (Wildman–Crippen LogP) is 1.85. The van der Waals surface area contributed by atoms with Crippen molar-refractivity contribution in [2.75, 3.05) is 0 Å². The molecule has 2 atom stereocenters. The third-order valence-corrected chi connectivity index (χ3v) is 2.23. The van der Waals surface area contributed by atoms with Gasteiger partial charge in [0.2, 0.25) is 0 Å². The van der Waals surface area contributed by atoms with E-state index in [-0.39, 0.29) is 12.8 Å². The number of nitrogens with two attached hydrogens (primary N) is 1. The van der Waals surface area contributed by atoms with Crippen molar-refractivity contribution in [2.24, 2.45) is 10.8 Å². The lowest BCUT2D eigenvalue weighted by atomic mass is 10.1. The minimum atomic E-state index is -1.06. The minimum absolute atomic E-state index is 0.156. The van der Waals surface area contributed by atoms with Crippen LogP contribution in [0.2, 0.25) is 0 Å². The Morgan fingerprint density at radius 1 is 1.35 bits per heavy atom. The van der Waals surface area contributed by atoms with Gasteiger partial charge in [0.25, 0.3) is 0 Å². The predicted molar refractivity (Wildman–Crippen MR) is 57.8 cm³/mol. The van der Waals surface area contributed by atoms with Gasteiger partial charge in [-0.1, -0.05) is 5.11 Å². The number of aryl methyl sites for hydroxylation is 1. The lowest BCUT2D eigenvalue weighted by Gasteiger charge is -2.13. The number of hydrogen-bond acceptors (Lipinski definition) is 3. The average molecular weight is 242 g/mol. The summed E-state index contributed by atoms with van der Waals surface area (Å²) < 4.78 is 25.7. The van der Waals surface area contributed by atoms with E-state index in [0.29, 0.717) is 5.56 Å². The first-order chi connectivity index (χ1) is 8.02. The van der Waals surface area contributed by atoms with E-state index in [1.165, 1.54) is 12.1 Å². The monoisotopic (exact) mass is 242 g/mol. The van der Waals surface area contributed by atoms with Gasteiger partial charge in [-0.25, -0.2) is 8.78 Å². The molecule has 0 aliphatic heterocycles. The number of aliphatic hydroxyl groups is 1. The van der Waals surface area contributed by atoms with E-state index < -0.39 is 23.9 Å². The van der Waals surface area contributed by atoms with Crippen LogP contribution in [0.5, 0.6) is 0 Å². The Labute approximate surface area is 96.5 Å². The van der Waals surface area contributed by atoms with Crippen molar-refractivity contribution in [1.29, 1.82) is 0 Å². The highest BCUT2D eigenvalue weighted by Gasteiger charge is 2.13. The van der Waals surface area contributed by atoms with Crippen LogP contribution in [0.25, 0.3) is 10.4 Å². The summed E-state index contributed by atoms with van der Waals surface area (Å²) in [6.45, 7) is 0. The SMILES string of the molecule is [N-]=[N+]=NC(N)C(O)CCc1cc(F)cc(F)c1. The minimum Gasteiger partial charge on any atom is -0.391 e. The molecule has 0 saturated carbocycles. The Kier molecular flexibility index (Phi) is 4.84. The third-order valence-electron chi connectivity index (χ3n) is 2.23. The summed E-state index contributed by atoms with van der Waals surface area (Å²) in [5.74, 6) is -1.34. The number of nitrogens with zero attached hydrogens (tertiary/aromatic N) is 3. The van der Waals surface area contributed by atoms with Crippen molar-refractivity contribution in [3.63, 3.8) is 0 Å². The maximum atomic E-state index is 12.8. The zero-order valence-electron chi connectivity index (χ0n) is 8.92. The summed E-state index contributed by atoms with van der Waals surface area (Å²) in [4.78, 5) is 2.46. The Balaban J connectivity index is 2.58. The van der Waals surface area contributed by atoms with E-state index in [1.807, 2.05) is 0 Å². The van der Waals surface area contributed by atoms with E-state index in [9.17, 15) is 13.9 Å². The summed E-state index contributed by atoms with van der Waals surface area (Å²) in [6.07, 6.45) is -1.70. The number of aliphatic hydroxyl groups excluding tert-OH is 1. The zero-order chi connectivity index (χ0) is 12.8. The van der Waals surface area contributed by atoms with Gasteiger partial charge in [-0.15, -0.1) is 0 Å². The van der Waals surface area contributed by atoms with Gasteiger partial charge in [0, 0.05) is 11.0 Å². The summed E-state index contributed by atoms with van der Waals surface area (Å²) in [6, 6.07) is 3.12. The van der Waals surface area contributed by atoms with Crippen molar-refractivity contribution in [2.45, 2.75) is 25.1 Å². The number of benzene rings is 1. The molecule has 0 spiro atoms. The first-order valence-corrected chi connectivity index (χ1v) is 4.95. The molecule has 0 radical (unpaired) electrons. The molecular weight excluding hydrogens is 230 g/mol. The second-order valence-electron chi connectivity index (χ2n) is 3.58. The molecule has 0 aromatic heterocycles. The Morgan fingerprint density at radius 2 is 1.94 bits per heavy atom. The largest absolute Gasteiger partial charge is 0.391 e. The van der Waals surface area contributed by atoms with Crippen LogP contribution in [-0.2, 0) is 6.42 Å². The van der Waals surface area contributed by atoms with E-state index in [1.54, 1.807) is 0 Å². The molecule has 1 aromatic rings. The van der Waals surface area contributed by atoms with Gasteiger partial charge >= 0.3 is 0 Å². The normalized spacial score (nSPS) is 13.9. The van der Waals surface area contributed by atoms with Crippen LogP contribution >= 0.6 is 0 Å². The van der Waals surface area contributed by atoms with Crippen molar-refractivity contribution < 1.29 is 13.9 Å². The molecule has 0 amide bonds. The summed E-state index contributed by atoms with van der Waals surface area (Å²) >= 11 is 0. The van der Waals surface area contributed by atoms with Crippen molar-refractivity contribution in [1.82, 2.24) is 0 Å². The Morgan fingerprint density at radius 3 is 2.47 bits per heavy atom. The van der Waals surface area contributed by atoms with Crippen molar-refractivity contribution >= 4 is 0 Å². The molecule has 0 fully saturated rings. The van der Waals surface area contributed by atoms with Gasteiger partial charge in [-0.05, 0) is 36.1 Å². The molecule has 17 heavy (non-hydrogen) atoms. The molecule has 7 heteroatoms. The number of rotatable bonds is 5. The van der Waals surface area contributed by atoms with Gasteiger partial charge < -0.3 is 10.8 Å². The Hall–Kier alpha value is -1.69. The van der Waals surface area contributed by atoms with Crippen LogP contribution in [0.15, 0.2) is 23.3 Å². The number of hydrogen-bond donors (Lipinski definition) is 2. The number of halogens is 2. The highest BCUT2D eigenvalue weighted by molar-refractivity contribution is 5.18. The van der Waals surface area contributed by atoms with Crippen LogP contribution < -0.4 is 5.73 Å². The molecule has 0 saturated heterocycles. The first kappa shape index (κ1) is 13.4. The number of azide groups is 1. The molecule has 0 aliphatic carbocycles. The standard InChI is InChI=1S/C10H12F2N4O/c11-7-3-6(4-8(12)5-7)1-2-9(17)10(13)15-16-14/h3-5,9-10,17H,1-2,13H2. The summed E-state index contributed by atoms with van der Waals surface area (Å²) in [5.41, 5.74) is 13.9. The van der Waals surface area contributed by atoms with Crippen molar-refractivity contribution in [3.05, 3.63) is 45.8 Å². The quantitative estimate of drug-likeness (QED) is 0.468. The van der Waals surface area contributed by atoms with Crippen LogP contribution in [0, 0.1) is 11.6 Å². The average Bonchev–Trinajstić information content (AvgIpc) is 2.25. The smallest absolute Gasteiger partial charge is 0.126 e. The summed E-state index contributed by atoms with van der Waals surface area (Å²) in [5, 5.41) is 12.6. The van der Waals surface area contributed by atoms with E-state index in [2.05, 4.69) is 10.0 Å². The van der Waals surface area contributed by atoms with E-state index in [4.69, 9.17) is 11.3 Å². The molecule has 0 bridgehead atoms. The van der Waals surface area contributed by atoms with Gasteiger partial charge in [-0.3, -0.25) is 0 Å². The maximum absolute atomic E-state index is 12.8. The van der Waals surface area contributed by atoms with E-state index in [0.717, 1.165) is 6.07 Å². The van der Waals surface area contributed by atoms with Gasteiger partial charge in [-0.2, -0.15) is 0 Å². The molecule has 0 aliphatic rings. The molecular formula is C10H12F2N4O. The van der Waals surface area contributed by atoms with Crippen LogP contribution in [0.3, 0.4) is 0 Å². The highest BCUT2D eigenvalue weighted by Crippen LogP contribution is 2.12. The fraction of sp³-hybridized carbons (Fsp3) is 0.400. The first-order valence-electron chi connectivity index (χ1n) is 4.95. The van der Waals surface area contributed by atoms with Crippen LogP contribution in [-0.4, -0.2) is 17.4 Å². The Bertz CT molecular complexity index is 414. The molecule has 1 rings (SSSR count). The lowest BCUT2D eigenvalue weighted by Crippen LogP contribution is -2.32. The molecule has 92 valence electrons. The van der Waals surface area contributed by atoms with Crippen molar-refractivity contribution in [3.8, 4) is 0 Å². The van der Waals surface area contributed by atoms with Gasteiger partial charge in [0.1, 0.15) is 17.8 Å². The van der Waals surface area contributed by atoms with Gasteiger partial charge in [0.15, 0.2) is 0 Å². The fourth-order valence-corrected chi connectivity index (χ4v) is 1.38. The fourth-order valence-electron chi connectivity index (χ4n) is 1.38. The topological polar surface area (TPSA) is 95.0 Å². The second-order valence-corrected chi connectivity index (χ2v) is 3.58. The zero-order valence-corrected chi connectivity index (χ0v) is 8.92. The van der Waals surface area contributed by atoms with Crippen LogP contribution in [0.4, 0.5) is 8.78 Å². The summed E-state index contributed by atoms with van der Waals surface area (Å²) in [7, 11) is 0. The molecule has 3 N–H and O–H groups in total. The lowest BCUT2D eigenvalue weighted by molar-refractivity contribution is 0.137. The van der Waals surface area contributed by atoms with E-state index >= 15 is 0 Å². The molecule has 5 nitrogen and oxygen atoms in total. The molecule has 2 unspecified atom stereocenters. The highest BCUT2D eigenvalue weighted by atomic mass is 19.1. The molecule has 1 aromatic carbocycles. The molecule has 0 heterocycles. The van der Waals surface area contributed by atoms with Crippen LogP contribution in [0.1, 0.15) is 12.0 Å². The third kappa shape index (κ3) is 4.36. The maximum Gasteiger partial charge on any atom is 0.126 e.